The van der Waals surface area contributed by atoms with Gasteiger partial charge in [0.2, 0.25) is 0 Å². The summed E-state index contributed by atoms with van der Waals surface area (Å²) in [5.74, 6) is -0.431. The predicted molar refractivity (Wildman–Crippen MR) is 38.3 cm³/mol. The van der Waals surface area contributed by atoms with Crippen LogP contribution in [0.4, 0.5) is 0 Å². The van der Waals surface area contributed by atoms with Crippen molar-refractivity contribution in [2.75, 3.05) is 7.11 Å². The SMILES string of the molecule is COOOC(=O)CC(C)(C)C. The molecule has 0 bridgehead atoms. The van der Waals surface area contributed by atoms with Gasteiger partial charge in [-0.1, -0.05) is 20.8 Å². The molecule has 4 nitrogen and oxygen atoms in total. The van der Waals surface area contributed by atoms with Gasteiger partial charge in [0.05, 0.1) is 13.5 Å². The fourth-order valence-corrected chi connectivity index (χ4v) is 0.534. The third kappa shape index (κ3) is 7.29. The van der Waals surface area contributed by atoms with Crippen LogP contribution in [0.3, 0.4) is 0 Å². The van der Waals surface area contributed by atoms with Crippen LogP contribution in [-0.4, -0.2) is 13.1 Å². The molecule has 0 aromatic heterocycles. The Labute approximate surface area is 66.3 Å². The van der Waals surface area contributed by atoms with Crippen molar-refractivity contribution < 1.29 is 19.6 Å². The van der Waals surface area contributed by atoms with Crippen LogP contribution < -0.4 is 0 Å². The Kier molecular flexibility index (Phi) is 4.07. The third-order valence-corrected chi connectivity index (χ3v) is 0.870. The zero-order valence-corrected chi connectivity index (χ0v) is 7.34. The van der Waals surface area contributed by atoms with Crippen molar-refractivity contribution in [2.45, 2.75) is 27.2 Å². The smallest absolute Gasteiger partial charge is 0.269 e. The molecule has 0 heterocycles. The van der Waals surface area contributed by atoms with Crippen LogP contribution in [0.25, 0.3) is 0 Å². The molecule has 66 valence electrons. The van der Waals surface area contributed by atoms with E-state index in [1.807, 2.05) is 20.8 Å². The topological polar surface area (TPSA) is 44.8 Å². The second-order valence-electron chi connectivity index (χ2n) is 3.43. The van der Waals surface area contributed by atoms with Gasteiger partial charge in [-0.3, -0.25) is 4.89 Å². The lowest BCUT2D eigenvalue weighted by Crippen LogP contribution is -2.15. The first-order chi connectivity index (χ1) is 4.95. The van der Waals surface area contributed by atoms with Gasteiger partial charge in [0.25, 0.3) is 0 Å². The summed E-state index contributed by atoms with van der Waals surface area (Å²) in [5, 5.41) is 3.99. The molecule has 4 heteroatoms. The molecule has 0 atom stereocenters. The van der Waals surface area contributed by atoms with Crippen LogP contribution >= 0.6 is 0 Å². The summed E-state index contributed by atoms with van der Waals surface area (Å²) in [5.41, 5.74) is -0.0891. The van der Waals surface area contributed by atoms with E-state index in [9.17, 15) is 4.79 Å². The molecule has 0 aliphatic heterocycles. The maximum Gasteiger partial charge on any atom is 0.346 e. The van der Waals surface area contributed by atoms with Gasteiger partial charge in [-0.15, -0.1) is 0 Å². The van der Waals surface area contributed by atoms with Gasteiger partial charge in [0.15, 0.2) is 0 Å². The minimum Gasteiger partial charge on any atom is -0.269 e. The summed E-state index contributed by atoms with van der Waals surface area (Å²) in [6, 6.07) is 0. The number of hydrogen-bond acceptors (Lipinski definition) is 4. The molecule has 0 amide bonds. The summed E-state index contributed by atoms with van der Waals surface area (Å²) in [6.07, 6.45) is 0.302. The molecule has 0 aliphatic carbocycles. The van der Waals surface area contributed by atoms with E-state index in [-0.39, 0.29) is 5.41 Å². The molecule has 0 saturated heterocycles. The van der Waals surface area contributed by atoms with E-state index in [0.717, 1.165) is 0 Å². The second kappa shape index (κ2) is 4.31. The van der Waals surface area contributed by atoms with Crippen molar-refractivity contribution >= 4 is 5.97 Å². The number of carbonyl (C=O) groups is 1. The van der Waals surface area contributed by atoms with Crippen molar-refractivity contribution in [3.63, 3.8) is 0 Å². The molecule has 0 fully saturated rings. The van der Waals surface area contributed by atoms with E-state index in [0.29, 0.717) is 6.42 Å². The van der Waals surface area contributed by atoms with E-state index in [4.69, 9.17) is 0 Å². The van der Waals surface area contributed by atoms with Crippen molar-refractivity contribution in [3.05, 3.63) is 0 Å². The van der Waals surface area contributed by atoms with Gasteiger partial charge in [0, 0.05) is 0 Å². The van der Waals surface area contributed by atoms with E-state index in [2.05, 4.69) is 14.8 Å². The lowest BCUT2D eigenvalue weighted by atomic mass is 9.93. The summed E-state index contributed by atoms with van der Waals surface area (Å²) in [6.45, 7) is 5.79. The highest BCUT2D eigenvalue weighted by molar-refractivity contribution is 5.69. The van der Waals surface area contributed by atoms with Crippen LogP contribution in [0.2, 0.25) is 0 Å². The van der Waals surface area contributed by atoms with Crippen molar-refractivity contribution in [2.24, 2.45) is 5.41 Å². The molecule has 0 aromatic carbocycles. The Hall–Kier alpha value is -0.610. The summed E-state index contributed by atoms with van der Waals surface area (Å²) in [7, 11) is 1.27. The fraction of sp³-hybridized carbons (Fsp3) is 0.857. The molecule has 0 aliphatic rings. The molecule has 0 radical (unpaired) electrons. The molecule has 0 aromatic rings. The van der Waals surface area contributed by atoms with Gasteiger partial charge in [0.1, 0.15) is 0 Å². The lowest BCUT2D eigenvalue weighted by Gasteiger charge is -2.14. The first-order valence-electron chi connectivity index (χ1n) is 3.36. The normalized spacial score (nSPS) is 11.3. The maximum atomic E-state index is 10.8. The molecule has 0 N–H and O–H groups in total. The van der Waals surface area contributed by atoms with E-state index in [1.54, 1.807) is 0 Å². The first-order valence-corrected chi connectivity index (χ1v) is 3.36. The molecular formula is C7H14O4. The van der Waals surface area contributed by atoms with Crippen LogP contribution in [0.1, 0.15) is 27.2 Å². The van der Waals surface area contributed by atoms with Gasteiger partial charge in [-0.2, -0.15) is 4.89 Å². The lowest BCUT2D eigenvalue weighted by molar-refractivity contribution is -0.475. The quantitative estimate of drug-likeness (QED) is 0.465. The minimum atomic E-state index is -0.431. The second-order valence-corrected chi connectivity index (χ2v) is 3.43. The maximum absolute atomic E-state index is 10.8. The fourth-order valence-electron chi connectivity index (χ4n) is 0.534. The van der Waals surface area contributed by atoms with Crippen molar-refractivity contribution in [1.29, 1.82) is 0 Å². The number of carbonyl (C=O) groups excluding carboxylic acids is 1. The Morgan fingerprint density at radius 3 is 2.27 bits per heavy atom. The minimum absolute atomic E-state index is 0.0891. The van der Waals surface area contributed by atoms with Crippen LogP contribution in [0.15, 0.2) is 0 Å². The zero-order valence-electron chi connectivity index (χ0n) is 7.34. The molecule has 11 heavy (non-hydrogen) atoms. The largest absolute Gasteiger partial charge is 0.346 e. The molecule has 0 saturated carbocycles. The Balaban J connectivity index is 3.53. The van der Waals surface area contributed by atoms with Gasteiger partial charge >= 0.3 is 5.97 Å². The zero-order chi connectivity index (χ0) is 8.91. The van der Waals surface area contributed by atoms with Crippen molar-refractivity contribution in [3.8, 4) is 0 Å². The summed E-state index contributed by atoms with van der Waals surface area (Å²) < 4.78 is 0. The average Bonchev–Trinajstić information content (AvgIpc) is 1.79. The van der Waals surface area contributed by atoms with E-state index in [1.165, 1.54) is 7.11 Å². The number of hydrogen-bond donors (Lipinski definition) is 0. The Bertz CT molecular complexity index is 125. The van der Waals surface area contributed by atoms with Gasteiger partial charge in [-0.25, -0.2) is 4.79 Å². The monoisotopic (exact) mass is 162 g/mol. The third-order valence-electron chi connectivity index (χ3n) is 0.870. The standard InChI is InChI=1S/C7H14O4/c1-7(2,3)5-6(8)10-11-9-4/h5H2,1-4H3. The Morgan fingerprint density at radius 2 is 1.91 bits per heavy atom. The Morgan fingerprint density at radius 1 is 1.36 bits per heavy atom. The summed E-state index contributed by atoms with van der Waals surface area (Å²) >= 11 is 0. The molecule has 0 spiro atoms. The van der Waals surface area contributed by atoms with Gasteiger partial charge in [-0.05, 0) is 10.5 Å². The number of rotatable bonds is 3. The predicted octanol–water partition coefficient (Wildman–Crippen LogP) is 1.46. The summed E-state index contributed by atoms with van der Waals surface area (Å²) in [4.78, 5) is 19.1. The first kappa shape index (κ1) is 10.4. The molecule has 0 rings (SSSR count). The van der Waals surface area contributed by atoms with Crippen LogP contribution in [0.5, 0.6) is 0 Å². The highest BCUT2D eigenvalue weighted by Crippen LogP contribution is 2.18. The average molecular weight is 162 g/mol. The van der Waals surface area contributed by atoms with Gasteiger partial charge < -0.3 is 0 Å². The highest BCUT2D eigenvalue weighted by atomic mass is 17.5. The molecular weight excluding hydrogens is 148 g/mol. The molecule has 0 unspecified atom stereocenters. The highest BCUT2D eigenvalue weighted by Gasteiger charge is 2.17. The van der Waals surface area contributed by atoms with E-state index >= 15 is 0 Å². The van der Waals surface area contributed by atoms with E-state index < -0.39 is 5.97 Å². The van der Waals surface area contributed by atoms with Crippen LogP contribution in [0, 0.1) is 5.41 Å². The van der Waals surface area contributed by atoms with Crippen LogP contribution in [-0.2, 0) is 19.6 Å². The van der Waals surface area contributed by atoms with Crippen molar-refractivity contribution in [1.82, 2.24) is 0 Å².